The zero-order chi connectivity index (χ0) is 15.0. The standard InChI is InChI=1S/C16H11BrFNO2/c1-21-14-4-2-3-13-15(14)11(8-19-13)16(20)10-7-9(17)5-6-12(10)18/h2-8,19H,1H3. The predicted octanol–water partition coefficient (Wildman–Crippen LogP) is 4.31. The third kappa shape index (κ3) is 2.34. The highest BCUT2D eigenvalue weighted by Crippen LogP contribution is 2.30. The van der Waals surface area contributed by atoms with Crippen molar-refractivity contribution in [2.24, 2.45) is 0 Å². The lowest BCUT2D eigenvalue weighted by molar-refractivity contribution is 0.103. The van der Waals surface area contributed by atoms with Gasteiger partial charge in [0.25, 0.3) is 0 Å². The monoisotopic (exact) mass is 347 g/mol. The van der Waals surface area contributed by atoms with Gasteiger partial charge in [-0.05, 0) is 30.3 Å². The van der Waals surface area contributed by atoms with Crippen LogP contribution in [-0.4, -0.2) is 17.9 Å². The van der Waals surface area contributed by atoms with Crippen molar-refractivity contribution in [3.8, 4) is 5.75 Å². The lowest BCUT2D eigenvalue weighted by Gasteiger charge is -2.05. The predicted molar refractivity (Wildman–Crippen MR) is 82.4 cm³/mol. The van der Waals surface area contributed by atoms with E-state index in [-0.39, 0.29) is 11.3 Å². The highest BCUT2D eigenvalue weighted by molar-refractivity contribution is 9.10. The molecule has 3 nitrogen and oxygen atoms in total. The van der Waals surface area contributed by atoms with E-state index in [9.17, 15) is 9.18 Å². The number of methoxy groups -OCH3 is 1. The van der Waals surface area contributed by atoms with Crippen molar-refractivity contribution in [3.05, 3.63) is 64.0 Å². The van der Waals surface area contributed by atoms with Crippen LogP contribution < -0.4 is 4.74 Å². The summed E-state index contributed by atoms with van der Waals surface area (Å²) in [6.07, 6.45) is 1.58. The molecule has 5 heteroatoms. The quantitative estimate of drug-likeness (QED) is 0.717. The molecule has 3 aromatic rings. The highest BCUT2D eigenvalue weighted by Gasteiger charge is 2.20. The topological polar surface area (TPSA) is 42.1 Å². The molecule has 0 radical (unpaired) electrons. The number of benzene rings is 2. The summed E-state index contributed by atoms with van der Waals surface area (Å²) >= 11 is 3.25. The average molecular weight is 348 g/mol. The number of ether oxygens (including phenoxy) is 1. The number of hydrogen-bond donors (Lipinski definition) is 1. The van der Waals surface area contributed by atoms with Crippen molar-refractivity contribution in [1.29, 1.82) is 0 Å². The van der Waals surface area contributed by atoms with Gasteiger partial charge in [0.05, 0.1) is 23.6 Å². The summed E-state index contributed by atoms with van der Waals surface area (Å²) in [5.41, 5.74) is 1.18. The first-order valence-corrected chi connectivity index (χ1v) is 7.05. The molecule has 2 aromatic carbocycles. The van der Waals surface area contributed by atoms with E-state index in [0.717, 1.165) is 5.52 Å². The van der Waals surface area contributed by atoms with E-state index in [1.165, 1.54) is 19.2 Å². The molecular formula is C16H11BrFNO2. The van der Waals surface area contributed by atoms with Gasteiger partial charge >= 0.3 is 0 Å². The van der Waals surface area contributed by atoms with E-state index in [2.05, 4.69) is 20.9 Å². The van der Waals surface area contributed by atoms with Crippen LogP contribution in [0.25, 0.3) is 10.9 Å². The van der Waals surface area contributed by atoms with Gasteiger partial charge in [0.15, 0.2) is 5.78 Å². The van der Waals surface area contributed by atoms with Gasteiger partial charge in [-0.3, -0.25) is 4.79 Å². The van der Waals surface area contributed by atoms with Crippen molar-refractivity contribution < 1.29 is 13.9 Å². The van der Waals surface area contributed by atoms with Crippen molar-refractivity contribution in [2.45, 2.75) is 0 Å². The Kier molecular flexibility index (Phi) is 3.51. The molecule has 1 heterocycles. The second kappa shape index (κ2) is 5.33. The van der Waals surface area contributed by atoms with Gasteiger partial charge < -0.3 is 9.72 Å². The first kappa shape index (κ1) is 13.8. The van der Waals surface area contributed by atoms with E-state index in [1.54, 1.807) is 18.3 Å². The maximum atomic E-state index is 13.9. The zero-order valence-corrected chi connectivity index (χ0v) is 12.7. The van der Waals surface area contributed by atoms with Gasteiger partial charge in [-0.2, -0.15) is 0 Å². The molecule has 0 aliphatic carbocycles. The lowest BCUT2D eigenvalue weighted by atomic mass is 10.0. The van der Waals surface area contributed by atoms with E-state index in [1.807, 2.05) is 12.1 Å². The molecule has 0 amide bonds. The van der Waals surface area contributed by atoms with Crippen molar-refractivity contribution in [2.75, 3.05) is 7.11 Å². The van der Waals surface area contributed by atoms with Crippen LogP contribution in [-0.2, 0) is 0 Å². The number of nitrogens with one attached hydrogen (secondary N) is 1. The van der Waals surface area contributed by atoms with E-state index in [0.29, 0.717) is 21.2 Å². The van der Waals surface area contributed by atoms with Gasteiger partial charge in [-0.15, -0.1) is 0 Å². The fraction of sp³-hybridized carbons (Fsp3) is 0.0625. The Hall–Kier alpha value is -2.14. The number of rotatable bonds is 3. The Labute approximate surface area is 128 Å². The Morgan fingerprint density at radius 3 is 2.81 bits per heavy atom. The van der Waals surface area contributed by atoms with E-state index in [4.69, 9.17) is 4.74 Å². The summed E-state index contributed by atoms with van der Waals surface area (Å²) in [6.45, 7) is 0. The average Bonchev–Trinajstić information content (AvgIpc) is 2.93. The maximum Gasteiger partial charge on any atom is 0.198 e. The molecule has 0 saturated carbocycles. The van der Waals surface area contributed by atoms with Crippen LogP contribution in [0, 0.1) is 5.82 Å². The molecule has 1 N–H and O–H groups in total. The van der Waals surface area contributed by atoms with Gasteiger partial charge in [0.1, 0.15) is 11.6 Å². The van der Waals surface area contributed by atoms with E-state index >= 15 is 0 Å². The number of fused-ring (bicyclic) bond motifs is 1. The fourth-order valence-electron chi connectivity index (χ4n) is 2.32. The Morgan fingerprint density at radius 2 is 2.05 bits per heavy atom. The van der Waals surface area contributed by atoms with Gasteiger partial charge in [-0.1, -0.05) is 22.0 Å². The van der Waals surface area contributed by atoms with Crippen molar-refractivity contribution in [3.63, 3.8) is 0 Å². The molecule has 1 aromatic heterocycles. The lowest BCUT2D eigenvalue weighted by Crippen LogP contribution is -2.04. The molecule has 106 valence electrons. The van der Waals surface area contributed by atoms with Gasteiger partial charge in [0, 0.05) is 16.2 Å². The largest absolute Gasteiger partial charge is 0.496 e. The Morgan fingerprint density at radius 1 is 1.24 bits per heavy atom. The summed E-state index contributed by atoms with van der Waals surface area (Å²) < 4.78 is 19.9. The normalized spacial score (nSPS) is 10.8. The highest BCUT2D eigenvalue weighted by atomic mass is 79.9. The minimum Gasteiger partial charge on any atom is -0.496 e. The summed E-state index contributed by atoms with van der Waals surface area (Å²) in [5.74, 6) is -0.357. The maximum absolute atomic E-state index is 13.9. The zero-order valence-electron chi connectivity index (χ0n) is 11.1. The third-order valence-corrected chi connectivity index (χ3v) is 3.80. The summed E-state index contributed by atoms with van der Waals surface area (Å²) in [6, 6.07) is 9.74. The number of halogens is 2. The van der Waals surface area contributed by atoms with Gasteiger partial charge in [0.2, 0.25) is 0 Å². The number of carbonyl (C=O) groups excluding carboxylic acids is 1. The number of ketones is 1. The van der Waals surface area contributed by atoms with Crippen LogP contribution in [0.2, 0.25) is 0 Å². The number of carbonyl (C=O) groups is 1. The SMILES string of the molecule is COc1cccc2[nH]cc(C(=O)c3cc(Br)ccc3F)c12. The number of aromatic amines is 1. The van der Waals surface area contributed by atoms with Crippen LogP contribution in [0.4, 0.5) is 4.39 Å². The minimum atomic E-state index is -0.549. The van der Waals surface area contributed by atoms with Crippen LogP contribution in [0.3, 0.4) is 0 Å². The number of hydrogen-bond acceptors (Lipinski definition) is 2. The molecule has 0 aliphatic heterocycles. The number of H-pyrrole nitrogens is 1. The summed E-state index contributed by atoms with van der Waals surface area (Å²) in [5, 5.41) is 0.657. The molecule has 0 spiro atoms. The summed E-state index contributed by atoms with van der Waals surface area (Å²) in [7, 11) is 1.54. The minimum absolute atomic E-state index is 0.0242. The third-order valence-electron chi connectivity index (χ3n) is 3.31. The first-order chi connectivity index (χ1) is 10.1. The van der Waals surface area contributed by atoms with Crippen LogP contribution >= 0.6 is 15.9 Å². The smallest absolute Gasteiger partial charge is 0.198 e. The molecule has 0 unspecified atom stereocenters. The number of aromatic nitrogens is 1. The molecule has 0 atom stereocenters. The van der Waals surface area contributed by atoms with Crippen LogP contribution in [0.5, 0.6) is 5.75 Å². The second-order valence-electron chi connectivity index (χ2n) is 4.54. The Bertz CT molecular complexity index is 841. The first-order valence-electron chi connectivity index (χ1n) is 6.25. The molecule has 0 fully saturated rings. The molecular weight excluding hydrogens is 337 g/mol. The molecule has 0 aliphatic rings. The molecule has 3 rings (SSSR count). The fourth-order valence-corrected chi connectivity index (χ4v) is 2.68. The van der Waals surface area contributed by atoms with Crippen molar-refractivity contribution >= 4 is 32.6 Å². The second-order valence-corrected chi connectivity index (χ2v) is 5.45. The van der Waals surface area contributed by atoms with Crippen LogP contribution in [0.1, 0.15) is 15.9 Å². The molecule has 0 bridgehead atoms. The molecule has 0 saturated heterocycles. The van der Waals surface area contributed by atoms with Crippen molar-refractivity contribution in [1.82, 2.24) is 4.98 Å². The summed E-state index contributed by atoms with van der Waals surface area (Å²) in [4.78, 5) is 15.6. The molecule has 21 heavy (non-hydrogen) atoms. The van der Waals surface area contributed by atoms with Crippen LogP contribution in [0.15, 0.2) is 47.1 Å². The van der Waals surface area contributed by atoms with E-state index < -0.39 is 5.82 Å². The van der Waals surface area contributed by atoms with Gasteiger partial charge in [-0.25, -0.2) is 4.39 Å². The Balaban J connectivity index is 2.20.